The Hall–Kier alpha value is -0.473. The van der Waals surface area contributed by atoms with Crippen LogP contribution < -0.4 is 5.32 Å². The summed E-state index contributed by atoms with van der Waals surface area (Å²) in [5, 5.41) is 13.2. The molecule has 28 heavy (non-hydrogen) atoms. The molecule has 0 rings (SSSR count). The van der Waals surface area contributed by atoms with E-state index in [9.17, 15) is 9.90 Å². The van der Waals surface area contributed by atoms with Gasteiger partial charge in [-0.2, -0.15) is 0 Å². The number of hydrogen-bond acceptors (Lipinski definition) is 5. The Morgan fingerprint density at radius 2 is 1.50 bits per heavy atom. The average Bonchev–Trinajstić information content (AvgIpc) is 2.69. The summed E-state index contributed by atoms with van der Waals surface area (Å²) < 4.78 is 16.9. The Bertz CT molecular complexity index is 407. The fraction of sp³-hybridized carbons (Fsp3) is 0.952. The van der Waals surface area contributed by atoms with E-state index in [1.165, 1.54) is 19.3 Å². The van der Waals surface area contributed by atoms with Gasteiger partial charge in [-0.3, -0.25) is 4.79 Å². The molecular formula is C21H45NO5Si. The first kappa shape index (κ1) is 27.5. The number of hydrogen-bond donors (Lipinski definition) is 2. The Balaban J connectivity index is 4.54. The van der Waals surface area contributed by atoms with Crippen molar-refractivity contribution in [3.8, 4) is 0 Å². The van der Waals surface area contributed by atoms with Crippen molar-refractivity contribution in [1.82, 2.24) is 5.32 Å². The fourth-order valence-electron chi connectivity index (χ4n) is 3.42. The van der Waals surface area contributed by atoms with E-state index in [2.05, 4.69) is 33.0 Å². The highest BCUT2D eigenvalue weighted by Crippen LogP contribution is 2.32. The monoisotopic (exact) mass is 419 g/mol. The SMILES string of the molecule is CCCCCCC(O)CCCCC(=O)NC(C(C)(C)CC)[Si](OC)(OC)OC. The van der Waals surface area contributed by atoms with Gasteiger partial charge in [0, 0.05) is 27.8 Å². The second-order valence-corrected chi connectivity index (χ2v) is 11.3. The summed E-state index contributed by atoms with van der Waals surface area (Å²) in [5.74, 6) is -0.0213. The lowest BCUT2D eigenvalue weighted by atomic mass is 9.89. The van der Waals surface area contributed by atoms with E-state index < -0.39 is 8.80 Å². The topological polar surface area (TPSA) is 77.0 Å². The number of nitrogens with one attached hydrogen (secondary N) is 1. The molecule has 0 aromatic rings. The van der Waals surface area contributed by atoms with Crippen LogP contribution in [0.15, 0.2) is 0 Å². The third kappa shape index (κ3) is 9.35. The number of rotatable bonds is 17. The average molecular weight is 420 g/mol. The second kappa shape index (κ2) is 14.5. The number of carbonyl (C=O) groups excluding carboxylic acids is 1. The van der Waals surface area contributed by atoms with Crippen LogP contribution in [0.25, 0.3) is 0 Å². The summed E-state index contributed by atoms with van der Waals surface area (Å²) in [6, 6.07) is 0. The molecule has 0 fully saturated rings. The molecule has 0 aliphatic rings. The lowest BCUT2D eigenvalue weighted by Gasteiger charge is -2.41. The van der Waals surface area contributed by atoms with E-state index in [4.69, 9.17) is 13.3 Å². The van der Waals surface area contributed by atoms with Crippen LogP contribution in [0.1, 0.15) is 91.9 Å². The summed E-state index contributed by atoms with van der Waals surface area (Å²) in [4.78, 5) is 12.6. The Morgan fingerprint density at radius 1 is 0.964 bits per heavy atom. The van der Waals surface area contributed by atoms with Gasteiger partial charge in [0.25, 0.3) is 0 Å². The van der Waals surface area contributed by atoms with Crippen LogP contribution in [0.3, 0.4) is 0 Å². The highest BCUT2D eigenvalue weighted by Gasteiger charge is 2.54. The minimum Gasteiger partial charge on any atom is -0.393 e. The lowest BCUT2D eigenvalue weighted by molar-refractivity contribution is -0.122. The van der Waals surface area contributed by atoms with Crippen molar-refractivity contribution in [2.45, 2.75) is 104 Å². The molecule has 0 radical (unpaired) electrons. The predicted molar refractivity (Wildman–Crippen MR) is 116 cm³/mol. The van der Waals surface area contributed by atoms with Crippen molar-refractivity contribution >= 4 is 14.7 Å². The molecule has 0 aromatic heterocycles. The van der Waals surface area contributed by atoms with Gasteiger partial charge in [-0.15, -0.1) is 0 Å². The molecular weight excluding hydrogens is 374 g/mol. The van der Waals surface area contributed by atoms with Crippen LogP contribution in [0, 0.1) is 5.41 Å². The van der Waals surface area contributed by atoms with Crippen molar-refractivity contribution < 1.29 is 23.2 Å². The van der Waals surface area contributed by atoms with Gasteiger partial charge in [0.15, 0.2) is 0 Å². The number of aliphatic hydroxyl groups is 1. The van der Waals surface area contributed by atoms with E-state index >= 15 is 0 Å². The summed E-state index contributed by atoms with van der Waals surface area (Å²) in [7, 11) is 1.70. The molecule has 2 N–H and O–H groups in total. The molecule has 0 saturated carbocycles. The second-order valence-electron chi connectivity index (χ2n) is 8.31. The van der Waals surface area contributed by atoms with Crippen LogP contribution in [-0.4, -0.2) is 52.9 Å². The molecule has 0 bridgehead atoms. The molecule has 6 nitrogen and oxygen atoms in total. The van der Waals surface area contributed by atoms with Crippen LogP contribution in [0.5, 0.6) is 0 Å². The van der Waals surface area contributed by atoms with Gasteiger partial charge in [0.2, 0.25) is 5.91 Å². The number of unbranched alkanes of at least 4 members (excludes halogenated alkanes) is 4. The summed E-state index contributed by atoms with van der Waals surface area (Å²) >= 11 is 0. The molecule has 168 valence electrons. The molecule has 0 heterocycles. The van der Waals surface area contributed by atoms with E-state index in [-0.39, 0.29) is 23.1 Å². The van der Waals surface area contributed by atoms with Gasteiger partial charge in [-0.25, -0.2) is 0 Å². The van der Waals surface area contributed by atoms with Crippen molar-refractivity contribution in [3.63, 3.8) is 0 Å². The third-order valence-corrected chi connectivity index (χ3v) is 9.13. The van der Waals surface area contributed by atoms with Crippen LogP contribution >= 0.6 is 0 Å². The highest BCUT2D eigenvalue weighted by molar-refractivity contribution is 6.62. The van der Waals surface area contributed by atoms with Crippen LogP contribution in [0.2, 0.25) is 0 Å². The first-order valence-corrected chi connectivity index (χ1v) is 12.7. The molecule has 0 aromatic carbocycles. The van der Waals surface area contributed by atoms with Crippen molar-refractivity contribution in [2.24, 2.45) is 5.41 Å². The zero-order chi connectivity index (χ0) is 21.6. The first-order valence-electron chi connectivity index (χ1n) is 10.9. The summed E-state index contributed by atoms with van der Waals surface area (Å²) in [6.45, 7) is 8.45. The minimum atomic E-state index is -3.03. The Labute approximate surface area is 174 Å². The van der Waals surface area contributed by atoms with Gasteiger partial charge in [0.1, 0.15) is 5.67 Å². The van der Waals surface area contributed by atoms with E-state index in [0.717, 1.165) is 38.5 Å². The molecule has 1 amide bonds. The molecule has 7 heteroatoms. The van der Waals surface area contributed by atoms with Gasteiger partial charge in [-0.1, -0.05) is 59.8 Å². The fourth-order valence-corrected chi connectivity index (χ4v) is 6.13. The standard InChI is InChI=1S/C21H45NO5Si/c1-8-10-11-12-15-18(23)16-13-14-17-19(24)22-20(21(3,4)9-2)28(25-5,26-6)27-7/h18,20,23H,8-17H2,1-7H3,(H,22,24). The number of aliphatic hydroxyl groups excluding tert-OH is 1. The molecule has 0 spiro atoms. The first-order chi connectivity index (χ1) is 13.2. The molecule has 0 aliphatic heterocycles. The Kier molecular flexibility index (Phi) is 14.3. The van der Waals surface area contributed by atoms with Crippen molar-refractivity contribution in [3.05, 3.63) is 0 Å². The zero-order valence-electron chi connectivity index (χ0n) is 19.3. The van der Waals surface area contributed by atoms with E-state index in [0.29, 0.717) is 6.42 Å². The van der Waals surface area contributed by atoms with E-state index in [1.807, 2.05) is 0 Å². The zero-order valence-corrected chi connectivity index (χ0v) is 20.3. The maximum atomic E-state index is 12.6. The molecule has 2 atom stereocenters. The van der Waals surface area contributed by atoms with Gasteiger partial charge >= 0.3 is 8.80 Å². The number of carbonyl (C=O) groups is 1. The Morgan fingerprint density at radius 3 is 1.96 bits per heavy atom. The molecule has 2 unspecified atom stereocenters. The predicted octanol–water partition coefficient (Wildman–Crippen LogP) is 4.22. The lowest BCUT2D eigenvalue weighted by Crippen LogP contribution is -2.66. The van der Waals surface area contributed by atoms with Gasteiger partial charge < -0.3 is 23.7 Å². The van der Waals surface area contributed by atoms with Crippen LogP contribution in [-0.2, 0) is 18.1 Å². The number of amides is 1. The third-order valence-electron chi connectivity index (χ3n) is 5.79. The normalized spacial score (nSPS) is 14.7. The smallest absolute Gasteiger partial charge is 0.393 e. The van der Waals surface area contributed by atoms with Crippen LogP contribution in [0.4, 0.5) is 0 Å². The summed E-state index contributed by atoms with van der Waals surface area (Å²) in [6.07, 6.45) is 8.99. The molecule has 0 saturated heterocycles. The van der Waals surface area contributed by atoms with Gasteiger partial charge in [-0.05, 0) is 31.1 Å². The summed E-state index contributed by atoms with van der Waals surface area (Å²) in [5.41, 5.74) is -0.542. The minimum absolute atomic E-state index is 0.0213. The molecule has 0 aliphatic carbocycles. The maximum Gasteiger partial charge on any atom is 0.524 e. The van der Waals surface area contributed by atoms with Gasteiger partial charge in [0.05, 0.1) is 6.10 Å². The van der Waals surface area contributed by atoms with Crippen molar-refractivity contribution in [2.75, 3.05) is 21.3 Å². The quantitative estimate of drug-likeness (QED) is 0.273. The van der Waals surface area contributed by atoms with E-state index in [1.54, 1.807) is 21.3 Å². The largest absolute Gasteiger partial charge is 0.524 e. The maximum absolute atomic E-state index is 12.6. The highest BCUT2D eigenvalue weighted by atomic mass is 28.4. The van der Waals surface area contributed by atoms with Crippen molar-refractivity contribution in [1.29, 1.82) is 0 Å².